The number of carbonyl (C=O) groups is 1. The van der Waals surface area contributed by atoms with E-state index in [1.54, 1.807) is 18.2 Å². The molecule has 0 radical (unpaired) electrons. The molecular formula is C11H12O3. The van der Waals surface area contributed by atoms with Crippen molar-refractivity contribution in [3.63, 3.8) is 0 Å². The van der Waals surface area contributed by atoms with Gasteiger partial charge in [-0.05, 0) is 12.1 Å². The zero-order valence-corrected chi connectivity index (χ0v) is 8.24. The lowest BCUT2D eigenvalue weighted by molar-refractivity contribution is 0.112. The van der Waals surface area contributed by atoms with Crippen LogP contribution in [0.15, 0.2) is 18.7 Å². The van der Waals surface area contributed by atoms with E-state index in [1.807, 2.05) is 0 Å². The molecule has 0 saturated heterocycles. The van der Waals surface area contributed by atoms with Crippen LogP contribution in [0, 0.1) is 0 Å². The summed E-state index contributed by atoms with van der Waals surface area (Å²) >= 11 is 0. The van der Waals surface area contributed by atoms with Crippen LogP contribution >= 0.6 is 0 Å². The molecule has 0 bridgehead atoms. The van der Waals surface area contributed by atoms with Gasteiger partial charge in [-0.25, -0.2) is 0 Å². The van der Waals surface area contributed by atoms with Gasteiger partial charge in [-0.3, -0.25) is 4.79 Å². The molecule has 1 aromatic rings. The van der Waals surface area contributed by atoms with Gasteiger partial charge >= 0.3 is 0 Å². The first-order valence-electron chi connectivity index (χ1n) is 4.10. The van der Waals surface area contributed by atoms with Crippen molar-refractivity contribution in [3.05, 3.63) is 29.8 Å². The summed E-state index contributed by atoms with van der Waals surface area (Å²) in [5.41, 5.74) is 1.27. The molecule has 0 N–H and O–H groups in total. The fraction of sp³-hybridized carbons (Fsp3) is 0.182. The fourth-order valence-electron chi connectivity index (χ4n) is 1.23. The van der Waals surface area contributed by atoms with Crippen LogP contribution in [0.4, 0.5) is 0 Å². The van der Waals surface area contributed by atoms with Crippen LogP contribution < -0.4 is 9.47 Å². The van der Waals surface area contributed by atoms with Gasteiger partial charge in [0.2, 0.25) is 0 Å². The van der Waals surface area contributed by atoms with Gasteiger partial charge in [-0.2, -0.15) is 0 Å². The van der Waals surface area contributed by atoms with Gasteiger partial charge in [-0.1, -0.05) is 12.7 Å². The van der Waals surface area contributed by atoms with Gasteiger partial charge in [0.25, 0.3) is 0 Å². The smallest absolute Gasteiger partial charge is 0.150 e. The van der Waals surface area contributed by atoms with Crippen molar-refractivity contribution in [1.29, 1.82) is 0 Å². The minimum atomic E-state index is 0.518. The molecule has 74 valence electrons. The summed E-state index contributed by atoms with van der Waals surface area (Å²) in [6.45, 7) is 3.66. The second-order valence-electron chi connectivity index (χ2n) is 2.66. The first-order chi connectivity index (χ1) is 6.76. The van der Waals surface area contributed by atoms with E-state index in [4.69, 9.17) is 9.47 Å². The van der Waals surface area contributed by atoms with Crippen molar-refractivity contribution in [2.75, 3.05) is 14.2 Å². The Hall–Kier alpha value is -1.77. The number of carbonyl (C=O) groups excluding carboxylic acids is 1. The molecule has 0 amide bonds. The molecule has 1 rings (SSSR count). The van der Waals surface area contributed by atoms with E-state index in [0.29, 0.717) is 17.1 Å². The molecule has 0 aliphatic carbocycles. The van der Waals surface area contributed by atoms with Crippen LogP contribution in [0.3, 0.4) is 0 Å². The Balaban J connectivity index is 3.38. The zero-order valence-electron chi connectivity index (χ0n) is 8.24. The number of hydrogen-bond acceptors (Lipinski definition) is 3. The van der Waals surface area contributed by atoms with Crippen molar-refractivity contribution in [3.8, 4) is 11.5 Å². The lowest BCUT2D eigenvalue weighted by Crippen LogP contribution is -1.94. The fourth-order valence-corrected chi connectivity index (χ4v) is 1.23. The number of rotatable bonds is 4. The molecule has 0 saturated carbocycles. The molecule has 0 heterocycles. The molecule has 14 heavy (non-hydrogen) atoms. The minimum Gasteiger partial charge on any atom is -0.496 e. The summed E-state index contributed by atoms with van der Waals surface area (Å²) in [7, 11) is 3.08. The summed E-state index contributed by atoms with van der Waals surface area (Å²) in [6, 6.07) is 3.29. The molecule has 0 aliphatic rings. The number of benzene rings is 1. The highest BCUT2D eigenvalue weighted by Crippen LogP contribution is 2.30. The maximum atomic E-state index is 10.6. The van der Waals surface area contributed by atoms with Crippen LogP contribution in [0.2, 0.25) is 0 Å². The van der Waals surface area contributed by atoms with Gasteiger partial charge in [0, 0.05) is 5.56 Å². The molecule has 3 heteroatoms. The summed E-state index contributed by atoms with van der Waals surface area (Å²) in [5.74, 6) is 1.17. The van der Waals surface area contributed by atoms with Crippen LogP contribution in [-0.2, 0) is 0 Å². The van der Waals surface area contributed by atoms with E-state index >= 15 is 0 Å². The van der Waals surface area contributed by atoms with Crippen LogP contribution in [-0.4, -0.2) is 20.5 Å². The monoisotopic (exact) mass is 192 g/mol. The average molecular weight is 192 g/mol. The number of ether oxygens (including phenoxy) is 2. The summed E-state index contributed by atoms with van der Waals surface area (Å²) < 4.78 is 10.2. The first kappa shape index (κ1) is 10.3. The lowest BCUT2D eigenvalue weighted by Gasteiger charge is -2.10. The maximum absolute atomic E-state index is 10.6. The highest BCUT2D eigenvalue weighted by molar-refractivity contribution is 5.79. The average Bonchev–Trinajstić information content (AvgIpc) is 2.26. The Labute approximate surface area is 83.0 Å². The van der Waals surface area contributed by atoms with E-state index < -0.39 is 0 Å². The second kappa shape index (κ2) is 4.46. The molecule has 0 spiro atoms. The lowest BCUT2D eigenvalue weighted by atomic mass is 10.1. The third kappa shape index (κ3) is 1.76. The van der Waals surface area contributed by atoms with Crippen LogP contribution in [0.25, 0.3) is 6.08 Å². The molecule has 0 aliphatic heterocycles. The SMILES string of the molecule is C=Cc1c(OC)cc(C=O)cc1OC. The predicted molar refractivity (Wildman–Crippen MR) is 55.0 cm³/mol. The molecule has 1 aromatic carbocycles. The summed E-state index contributed by atoms with van der Waals surface area (Å²) in [4.78, 5) is 10.6. The second-order valence-corrected chi connectivity index (χ2v) is 2.66. The van der Waals surface area contributed by atoms with Crippen molar-refractivity contribution in [2.24, 2.45) is 0 Å². The molecule has 0 atom stereocenters. The standard InChI is InChI=1S/C11H12O3/c1-4-9-10(13-2)5-8(7-12)6-11(9)14-3/h4-7H,1H2,2-3H3. The van der Waals surface area contributed by atoms with Gasteiger partial charge < -0.3 is 9.47 Å². The normalized spacial score (nSPS) is 9.29. The van der Waals surface area contributed by atoms with Gasteiger partial charge in [0.1, 0.15) is 17.8 Å². The third-order valence-corrected chi connectivity index (χ3v) is 1.91. The Kier molecular flexibility index (Phi) is 3.29. The third-order valence-electron chi connectivity index (χ3n) is 1.91. The highest BCUT2D eigenvalue weighted by atomic mass is 16.5. The van der Waals surface area contributed by atoms with E-state index in [2.05, 4.69) is 6.58 Å². The van der Waals surface area contributed by atoms with Gasteiger partial charge in [0.15, 0.2) is 0 Å². The van der Waals surface area contributed by atoms with Crippen molar-refractivity contribution in [2.45, 2.75) is 0 Å². The van der Waals surface area contributed by atoms with Crippen molar-refractivity contribution >= 4 is 12.4 Å². The van der Waals surface area contributed by atoms with Crippen LogP contribution in [0.5, 0.6) is 11.5 Å². The highest BCUT2D eigenvalue weighted by Gasteiger charge is 2.08. The van der Waals surface area contributed by atoms with E-state index in [-0.39, 0.29) is 0 Å². The van der Waals surface area contributed by atoms with Crippen molar-refractivity contribution < 1.29 is 14.3 Å². The number of methoxy groups -OCH3 is 2. The minimum absolute atomic E-state index is 0.518. The van der Waals surface area contributed by atoms with Gasteiger partial charge in [0.05, 0.1) is 19.8 Å². The number of aldehydes is 1. The zero-order chi connectivity index (χ0) is 10.6. The topological polar surface area (TPSA) is 35.5 Å². The molecule has 0 aromatic heterocycles. The van der Waals surface area contributed by atoms with Crippen LogP contribution in [0.1, 0.15) is 15.9 Å². The Morgan fingerprint density at radius 2 is 1.71 bits per heavy atom. The van der Waals surface area contributed by atoms with Gasteiger partial charge in [-0.15, -0.1) is 0 Å². The quantitative estimate of drug-likeness (QED) is 0.686. The van der Waals surface area contributed by atoms with E-state index in [1.165, 1.54) is 14.2 Å². The summed E-state index contributed by atoms with van der Waals surface area (Å²) in [5, 5.41) is 0. The Bertz CT molecular complexity index is 331. The maximum Gasteiger partial charge on any atom is 0.150 e. The van der Waals surface area contributed by atoms with Crippen molar-refractivity contribution in [1.82, 2.24) is 0 Å². The molecule has 0 unspecified atom stereocenters. The molecule has 0 fully saturated rings. The Morgan fingerprint density at radius 1 is 1.21 bits per heavy atom. The largest absolute Gasteiger partial charge is 0.496 e. The molecule has 3 nitrogen and oxygen atoms in total. The first-order valence-corrected chi connectivity index (χ1v) is 4.10. The summed E-state index contributed by atoms with van der Waals surface area (Å²) in [6.07, 6.45) is 2.38. The van der Waals surface area contributed by atoms with E-state index in [9.17, 15) is 4.79 Å². The Morgan fingerprint density at radius 3 is 2.00 bits per heavy atom. The number of hydrogen-bond donors (Lipinski definition) is 0. The predicted octanol–water partition coefficient (Wildman–Crippen LogP) is 2.16. The molecular weight excluding hydrogens is 180 g/mol. The van der Waals surface area contributed by atoms with E-state index in [0.717, 1.165) is 11.8 Å².